The zero-order valence-corrected chi connectivity index (χ0v) is 36.7. The van der Waals surface area contributed by atoms with Crippen LogP contribution in [-0.2, 0) is 23.7 Å². The molecule has 0 saturated carbocycles. The first-order valence-corrected chi connectivity index (χ1v) is 23.2. The lowest BCUT2D eigenvalue weighted by molar-refractivity contribution is -0.359. The second kappa shape index (κ2) is 33.7. The van der Waals surface area contributed by atoms with Gasteiger partial charge in [0.25, 0.3) is 0 Å². The van der Waals surface area contributed by atoms with E-state index in [1.165, 1.54) is 64.2 Å². The molecule has 0 aliphatic carbocycles. The Labute approximate surface area is 360 Å². The van der Waals surface area contributed by atoms with E-state index >= 15 is 0 Å². The summed E-state index contributed by atoms with van der Waals surface area (Å²) in [6.45, 7) is 2.69. The Hall–Kier alpha value is -1.79. The monoisotopic (exact) mass is 858 g/mol. The zero-order valence-electron chi connectivity index (χ0n) is 36.7. The Bertz CT molecular complexity index is 1150. The number of rotatable bonds is 34. The fourth-order valence-corrected chi connectivity index (χ4v) is 7.44. The molecule has 0 spiro atoms. The summed E-state index contributed by atoms with van der Waals surface area (Å²) in [5.41, 5.74) is 0. The van der Waals surface area contributed by atoms with Crippen LogP contribution in [0.3, 0.4) is 0 Å². The van der Waals surface area contributed by atoms with Gasteiger partial charge >= 0.3 is 0 Å². The molecular weight excluding hydrogens is 774 g/mol. The van der Waals surface area contributed by atoms with Crippen molar-refractivity contribution in [2.45, 2.75) is 229 Å². The molecule has 14 nitrogen and oxygen atoms in total. The molecule has 0 bridgehead atoms. The topological polar surface area (TPSA) is 228 Å². The normalized spacial score (nSPS) is 28.6. The van der Waals surface area contributed by atoms with Gasteiger partial charge in [-0.1, -0.05) is 134 Å². The number of amides is 1. The first-order valence-electron chi connectivity index (χ1n) is 23.2. The maximum Gasteiger partial charge on any atom is 0.220 e. The highest BCUT2D eigenvalue weighted by Crippen LogP contribution is 2.30. The van der Waals surface area contributed by atoms with Gasteiger partial charge in [-0.25, -0.2) is 0 Å². The fourth-order valence-electron chi connectivity index (χ4n) is 7.44. The molecule has 350 valence electrons. The summed E-state index contributed by atoms with van der Waals surface area (Å²) in [6, 6.07) is -0.915. The van der Waals surface area contributed by atoms with Crippen LogP contribution in [0, 0.1) is 0 Å². The third kappa shape index (κ3) is 21.5. The molecule has 0 radical (unpaired) electrons. The number of hydrogen-bond acceptors (Lipinski definition) is 13. The van der Waals surface area contributed by atoms with Crippen LogP contribution in [0.15, 0.2) is 36.5 Å². The number of aliphatic hydroxyl groups excluding tert-OH is 8. The Balaban J connectivity index is 1.86. The van der Waals surface area contributed by atoms with E-state index in [4.69, 9.17) is 18.9 Å². The standard InChI is InChI=1S/C46H83NO13/c1-3-5-7-9-11-13-14-15-16-17-18-19-20-22-24-26-28-30-38(51)47-34(35(50)29-27-25-23-21-12-10-8-6-4-2)33-57-45-43(56)41(54)44(37(32-49)59-45)60-46-42(55)40(53)39(52)36(31-48)58-46/h11,13,15-16,27,29,34-37,39-46,48-50,52-56H,3-10,12,14,17-26,28,30-33H2,1-2H3,(H,47,51)/b13-11-,16-15-,29-27+. The van der Waals surface area contributed by atoms with Gasteiger partial charge in [0.05, 0.1) is 32.0 Å². The van der Waals surface area contributed by atoms with Crippen LogP contribution in [0.2, 0.25) is 0 Å². The molecule has 14 heteroatoms. The number of allylic oxidation sites excluding steroid dienone is 5. The van der Waals surface area contributed by atoms with E-state index in [0.29, 0.717) is 6.42 Å². The largest absolute Gasteiger partial charge is 0.394 e. The predicted octanol–water partition coefficient (Wildman–Crippen LogP) is 4.76. The average molecular weight is 858 g/mol. The molecule has 2 saturated heterocycles. The minimum Gasteiger partial charge on any atom is -0.394 e. The van der Waals surface area contributed by atoms with Crippen molar-refractivity contribution in [3.8, 4) is 0 Å². The molecule has 1 amide bonds. The molecule has 2 aliphatic rings. The fraction of sp³-hybridized carbons (Fsp3) is 0.848. The first-order chi connectivity index (χ1) is 29.1. The molecule has 12 atom stereocenters. The van der Waals surface area contributed by atoms with Gasteiger partial charge in [0.15, 0.2) is 12.6 Å². The average Bonchev–Trinajstić information content (AvgIpc) is 3.24. The highest BCUT2D eigenvalue weighted by atomic mass is 16.7. The summed E-state index contributed by atoms with van der Waals surface area (Å²) in [5, 5.41) is 86.3. The Morgan fingerprint density at radius 1 is 0.600 bits per heavy atom. The van der Waals surface area contributed by atoms with Gasteiger partial charge in [0, 0.05) is 6.42 Å². The van der Waals surface area contributed by atoms with Crippen molar-refractivity contribution >= 4 is 5.91 Å². The van der Waals surface area contributed by atoms with Gasteiger partial charge in [0.1, 0.15) is 48.8 Å². The highest BCUT2D eigenvalue weighted by molar-refractivity contribution is 5.76. The van der Waals surface area contributed by atoms with Crippen molar-refractivity contribution < 1.29 is 64.6 Å². The minimum absolute atomic E-state index is 0.253. The van der Waals surface area contributed by atoms with Gasteiger partial charge in [0.2, 0.25) is 5.91 Å². The Kier molecular flexibility index (Phi) is 30.5. The maximum atomic E-state index is 13.1. The summed E-state index contributed by atoms with van der Waals surface area (Å²) < 4.78 is 22.6. The summed E-state index contributed by atoms with van der Waals surface area (Å²) in [5.74, 6) is -0.253. The SMILES string of the molecule is CCCCC/C=C\C/C=C\CCCCCCCCCC(=O)NC(COC1OC(CO)C(OC2OC(CO)C(O)C(O)C2O)C(O)C1O)C(O)/C=C/CCCCCCCCC. The van der Waals surface area contributed by atoms with Crippen molar-refractivity contribution in [2.24, 2.45) is 0 Å². The van der Waals surface area contributed by atoms with Gasteiger partial charge in [-0.15, -0.1) is 0 Å². The molecule has 9 N–H and O–H groups in total. The van der Waals surface area contributed by atoms with E-state index in [9.17, 15) is 45.6 Å². The van der Waals surface area contributed by atoms with E-state index in [0.717, 1.165) is 64.2 Å². The lowest BCUT2D eigenvalue weighted by Crippen LogP contribution is -2.65. The van der Waals surface area contributed by atoms with Crippen LogP contribution in [0.5, 0.6) is 0 Å². The van der Waals surface area contributed by atoms with E-state index in [1.807, 2.05) is 6.08 Å². The molecule has 12 unspecified atom stereocenters. The van der Waals surface area contributed by atoms with Crippen molar-refractivity contribution in [1.82, 2.24) is 5.32 Å². The summed E-state index contributed by atoms with van der Waals surface area (Å²) in [7, 11) is 0. The number of hydrogen-bond donors (Lipinski definition) is 9. The van der Waals surface area contributed by atoms with Crippen molar-refractivity contribution in [1.29, 1.82) is 0 Å². The molecule has 2 aliphatic heterocycles. The zero-order chi connectivity index (χ0) is 44.0. The lowest BCUT2D eigenvalue weighted by Gasteiger charge is -2.46. The molecule has 60 heavy (non-hydrogen) atoms. The second-order valence-corrected chi connectivity index (χ2v) is 16.5. The molecule has 2 heterocycles. The van der Waals surface area contributed by atoms with Gasteiger partial charge in [-0.05, 0) is 51.4 Å². The molecule has 0 aromatic carbocycles. The van der Waals surface area contributed by atoms with Gasteiger partial charge in [-0.3, -0.25) is 4.79 Å². The molecular formula is C46H83NO13. The van der Waals surface area contributed by atoms with Gasteiger partial charge in [-0.2, -0.15) is 0 Å². The van der Waals surface area contributed by atoms with Crippen molar-refractivity contribution in [3.63, 3.8) is 0 Å². The van der Waals surface area contributed by atoms with E-state index in [2.05, 4.69) is 43.5 Å². The molecule has 2 fully saturated rings. The van der Waals surface area contributed by atoms with Crippen molar-refractivity contribution in [2.75, 3.05) is 19.8 Å². The van der Waals surface area contributed by atoms with E-state index in [-0.39, 0.29) is 18.9 Å². The van der Waals surface area contributed by atoms with Crippen LogP contribution in [0.25, 0.3) is 0 Å². The van der Waals surface area contributed by atoms with Gasteiger partial charge < -0.3 is 65.1 Å². The minimum atomic E-state index is -1.79. The van der Waals surface area contributed by atoms with Crippen molar-refractivity contribution in [3.05, 3.63) is 36.5 Å². The third-order valence-electron chi connectivity index (χ3n) is 11.3. The maximum absolute atomic E-state index is 13.1. The Morgan fingerprint density at radius 2 is 1.10 bits per heavy atom. The molecule has 0 aromatic rings. The number of unbranched alkanes of at least 4 members (excludes halogenated alkanes) is 17. The summed E-state index contributed by atoms with van der Waals surface area (Å²) in [6.07, 6.45) is 19.1. The number of carbonyl (C=O) groups excluding carboxylic acids is 1. The van der Waals surface area contributed by atoms with Crippen LogP contribution in [-0.4, -0.2) is 140 Å². The number of ether oxygens (including phenoxy) is 4. The highest BCUT2D eigenvalue weighted by Gasteiger charge is 2.50. The van der Waals surface area contributed by atoms with Crippen LogP contribution in [0.1, 0.15) is 155 Å². The number of nitrogens with one attached hydrogen (secondary N) is 1. The quantitative estimate of drug-likeness (QED) is 0.0315. The van der Waals surface area contributed by atoms with Crippen LogP contribution < -0.4 is 5.32 Å². The first kappa shape index (κ1) is 54.3. The smallest absolute Gasteiger partial charge is 0.220 e. The summed E-state index contributed by atoms with van der Waals surface area (Å²) >= 11 is 0. The molecule has 2 rings (SSSR count). The Morgan fingerprint density at radius 3 is 1.70 bits per heavy atom. The van der Waals surface area contributed by atoms with E-state index < -0.39 is 86.8 Å². The number of aliphatic hydroxyl groups is 8. The second-order valence-electron chi connectivity index (χ2n) is 16.5. The number of carbonyl (C=O) groups is 1. The molecule has 0 aromatic heterocycles. The third-order valence-corrected chi connectivity index (χ3v) is 11.3. The predicted molar refractivity (Wildman–Crippen MR) is 231 cm³/mol. The summed E-state index contributed by atoms with van der Waals surface area (Å²) in [4.78, 5) is 13.1. The lowest BCUT2D eigenvalue weighted by atomic mass is 9.97. The van der Waals surface area contributed by atoms with Crippen LogP contribution in [0.4, 0.5) is 0 Å². The van der Waals surface area contributed by atoms with E-state index in [1.54, 1.807) is 6.08 Å². The van der Waals surface area contributed by atoms with Crippen LogP contribution >= 0.6 is 0 Å².